The molecule has 0 aliphatic rings. The van der Waals surface area contributed by atoms with Gasteiger partial charge in [0, 0.05) is 19.3 Å². The van der Waals surface area contributed by atoms with Gasteiger partial charge in [-0.2, -0.15) is 0 Å². The SMILES string of the molecule is CC/C=C\C/C=C\C/C=C\C/C=C\C/C=C\CCCCCCCCCCCCCC(=O)OCC(COC(=O)CCCCCCCCCCCCCCC)OC(=O)CCCCCCCCCCCCCCCCCCCCCCC. The number of carbonyl (C=O) groups excluding carboxylic acids is 3. The first-order valence-electron chi connectivity index (χ1n) is 34.8. The Balaban J connectivity index is 4.25. The molecule has 0 N–H and O–H groups in total. The van der Waals surface area contributed by atoms with Crippen molar-refractivity contribution < 1.29 is 28.6 Å². The van der Waals surface area contributed by atoms with E-state index in [1.165, 1.54) is 238 Å². The van der Waals surface area contributed by atoms with Gasteiger partial charge in [0.15, 0.2) is 6.10 Å². The lowest BCUT2D eigenvalue weighted by molar-refractivity contribution is -0.167. The summed E-state index contributed by atoms with van der Waals surface area (Å²) >= 11 is 0. The Morgan fingerprint density at radius 2 is 0.494 bits per heavy atom. The summed E-state index contributed by atoms with van der Waals surface area (Å²) in [6.07, 6.45) is 86.7. The third kappa shape index (κ3) is 65.8. The van der Waals surface area contributed by atoms with Gasteiger partial charge in [-0.05, 0) is 64.2 Å². The minimum Gasteiger partial charge on any atom is -0.462 e. The van der Waals surface area contributed by atoms with Crippen molar-refractivity contribution in [1.29, 1.82) is 0 Å². The minimum atomic E-state index is -0.772. The summed E-state index contributed by atoms with van der Waals surface area (Å²) in [6, 6.07) is 0. The first kappa shape index (κ1) is 76.1. The fourth-order valence-electron chi connectivity index (χ4n) is 10.4. The van der Waals surface area contributed by atoms with Gasteiger partial charge in [-0.25, -0.2) is 0 Å². The largest absolute Gasteiger partial charge is 0.462 e. The van der Waals surface area contributed by atoms with Gasteiger partial charge < -0.3 is 14.2 Å². The lowest BCUT2D eigenvalue weighted by atomic mass is 10.0. The maximum Gasteiger partial charge on any atom is 0.306 e. The Bertz CT molecular complexity index is 1410. The maximum atomic E-state index is 12.9. The monoisotopic (exact) mass is 1110 g/mol. The molecule has 460 valence electrons. The third-order valence-electron chi connectivity index (χ3n) is 15.5. The zero-order valence-electron chi connectivity index (χ0n) is 52.9. The Morgan fingerprint density at radius 1 is 0.266 bits per heavy atom. The molecule has 0 bridgehead atoms. The van der Waals surface area contributed by atoms with Crippen molar-refractivity contribution in [3.63, 3.8) is 0 Å². The molecule has 0 radical (unpaired) electrons. The molecule has 6 nitrogen and oxygen atoms in total. The van der Waals surface area contributed by atoms with Crippen molar-refractivity contribution in [1.82, 2.24) is 0 Å². The van der Waals surface area contributed by atoms with Crippen LogP contribution in [0.1, 0.15) is 367 Å². The Morgan fingerprint density at radius 3 is 0.772 bits per heavy atom. The molecule has 1 unspecified atom stereocenters. The number of carbonyl (C=O) groups is 3. The highest BCUT2D eigenvalue weighted by Crippen LogP contribution is 2.18. The molecule has 0 amide bonds. The van der Waals surface area contributed by atoms with Crippen LogP contribution < -0.4 is 0 Å². The van der Waals surface area contributed by atoms with Gasteiger partial charge in [0.2, 0.25) is 0 Å². The van der Waals surface area contributed by atoms with Crippen molar-refractivity contribution in [3.05, 3.63) is 60.8 Å². The molecule has 1 atom stereocenters. The van der Waals surface area contributed by atoms with E-state index in [1.54, 1.807) is 0 Å². The zero-order valence-corrected chi connectivity index (χ0v) is 52.9. The molecule has 0 aromatic heterocycles. The predicted molar refractivity (Wildman–Crippen MR) is 344 cm³/mol. The second-order valence-corrected chi connectivity index (χ2v) is 23.4. The number of unbranched alkanes of at least 4 members (excludes halogenated alkanes) is 43. The standard InChI is InChI=1S/C73H132O6/c1-4-7-10-13-16-19-22-25-27-29-31-33-34-35-36-37-38-40-41-43-45-48-51-54-57-60-63-66-72(75)78-69-70(68-77-71(74)65-62-59-56-53-50-47-24-21-18-15-12-9-6-3)79-73(76)67-64-61-58-55-52-49-46-44-42-39-32-30-28-26-23-20-17-14-11-8-5-2/h7,10,16,19,25,27,31,33,35-36,70H,4-6,8-9,11-15,17-18,20-24,26,28-30,32,34,37-69H2,1-3H3/b10-7-,19-16-,27-25-,33-31-,36-35-. The molecule has 0 aliphatic carbocycles. The molecular formula is C73H132O6. The van der Waals surface area contributed by atoms with Crippen LogP contribution in [0.2, 0.25) is 0 Å². The second-order valence-electron chi connectivity index (χ2n) is 23.4. The summed E-state index contributed by atoms with van der Waals surface area (Å²) in [4.78, 5) is 38.4. The molecule has 0 spiro atoms. The van der Waals surface area contributed by atoms with E-state index in [1.807, 2.05) is 0 Å². The maximum absolute atomic E-state index is 12.9. The van der Waals surface area contributed by atoms with E-state index in [0.29, 0.717) is 19.3 Å². The lowest BCUT2D eigenvalue weighted by Crippen LogP contribution is -2.30. The summed E-state index contributed by atoms with van der Waals surface area (Å²) < 4.78 is 17.0. The van der Waals surface area contributed by atoms with E-state index in [-0.39, 0.29) is 31.1 Å². The van der Waals surface area contributed by atoms with Crippen molar-refractivity contribution in [2.24, 2.45) is 0 Å². The van der Waals surface area contributed by atoms with E-state index in [4.69, 9.17) is 14.2 Å². The number of hydrogen-bond acceptors (Lipinski definition) is 6. The van der Waals surface area contributed by atoms with Gasteiger partial charge >= 0.3 is 17.9 Å². The first-order valence-corrected chi connectivity index (χ1v) is 34.8. The quantitative estimate of drug-likeness (QED) is 0.0261. The van der Waals surface area contributed by atoms with Crippen LogP contribution in [0.5, 0.6) is 0 Å². The summed E-state index contributed by atoms with van der Waals surface area (Å²) in [5.74, 6) is -0.846. The van der Waals surface area contributed by atoms with Crippen molar-refractivity contribution >= 4 is 17.9 Å². The Kier molecular flexibility index (Phi) is 65.1. The van der Waals surface area contributed by atoms with Gasteiger partial charge in [0.05, 0.1) is 0 Å². The van der Waals surface area contributed by atoms with Crippen molar-refractivity contribution in [3.8, 4) is 0 Å². The highest BCUT2D eigenvalue weighted by molar-refractivity contribution is 5.71. The molecule has 0 saturated carbocycles. The lowest BCUT2D eigenvalue weighted by Gasteiger charge is -2.18. The fourth-order valence-corrected chi connectivity index (χ4v) is 10.4. The average Bonchev–Trinajstić information content (AvgIpc) is 3.45. The molecule has 0 rings (SSSR count). The van der Waals surface area contributed by atoms with Crippen LogP contribution >= 0.6 is 0 Å². The highest BCUT2D eigenvalue weighted by Gasteiger charge is 2.19. The van der Waals surface area contributed by atoms with E-state index >= 15 is 0 Å². The summed E-state index contributed by atoms with van der Waals surface area (Å²) in [5, 5.41) is 0. The van der Waals surface area contributed by atoms with Crippen LogP contribution in [-0.4, -0.2) is 37.2 Å². The zero-order chi connectivity index (χ0) is 57.1. The summed E-state index contributed by atoms with van der Waals surface area (Å²) in [5.41, 5.74) is 0. The smallest absolute Gasteiger partial charge is 0.306 e. The van der Waals surface area contributed by atoms with E-state index < -0.39 is 6.10 Å². The Hall–Kier alpha value is -2.89. The molecule has 0 aromatic carbocycles. The van der Waals surface area contributed by atoms with Gasteiger partial charge in [-0.3, -0.25) is 14.4 Å². The van der Waals surface area contributed by atoms with E-state index in [2.05, 4.69) is 81.5 Å². The Labute approximate surface area is 491 Å². The number of rotatable bonds is 64. The average molecular weight is 1110 g/mol. The number of esters is 3. The summed E-state index contributed by atoms with van der Waals surface area (Å²) in [7, 11) is 0. The molecule has 79 heavy (non-hydrogen) atoms. The van der Waals surface area contributed by atoms with Crippen LogP contribution in [0.25, 0.3) is 0 Å². The van der Waals surface area contributed by atoms with Gasteiger partial charge in [0.1, 0.15) is 13.2 Å². The van der Waals surface area contributed by atoms with E-state index in [0.717, 1.165) is 89.9 Å². The molecule has 0 aromatic rings. The fraction of sp³-hybridized carbons (Fsp3) is 0.822. The molecular weight excluding hydrogens is 973 g/mol. The van der Waals surface area contributed by atoms with E-state index in [9.17, 15) is 14.4 Å². The van der Waals surface area contributed by atoms with Crippen molar-refractivity contribution in [2.45, 2.75) is 374 Å². The van der Waals surface area contributed by atoms with Gasteiger partial charge in [-0.1, -0.05) is 345 Å². The molecule has 0 heterocycles. The number of hydrogen-bond donors (Lipinski definition) is 0. The van der Waals surface area contributed by atoms with Crippen molar-refractivity contribution in [2.75, 3.05) is 13.2 Å². The first-order chi connectivity index (χ1) is 39.0. The minimum absolute atomic E-state index is 0.0687. The van der Waals surface area contributed by atoms with Crippen LogP contribution in [-0.2, 0) is 28.6 Å². The van der Waals surface area contributed by atoms with Gasteiger partial charge in [-0.15, -0.1) is 0 Å². The van der Waals surface area contributed by atoms with Crippen LogP contribution in [0.15, 0.2) is 60.8 Å². The molecule has 0 saturated heterocycles. The predicted octanol–water partition coefficient (Wildman–Crippen LogP) is 23.9. The number of allylic oxidation sites excluding steroid dienone is 10. The molecule has 6 heteroatoms. The van der Waals surface area contributed by atoms with Crippen LogP contribution in [0, 0.1) is 0 Å². The number of ether oxygens (including phenoxy) is 3. The third-order valence-corrected chi connectivity index (χ3v) is 15.5. The highest BCUT2D eigenvalue weighted by atomic mass is 16.6. The summed E-state index contributed by atoms with van der Waals surface area (Å²) in [6.45, 7) is 6.59. The van der Waals surface area contributed by atoms with Crippen LogP contribution in [0.3, 0.4) is 0 Å². The topological polar surface area (TPSA) is 78.9 Å². The van der Waals surface area contributed by atoms with Gasteiger partial charge in [0.25, 0.3) is 0 Å². The molecule has 0 fully saturated rings. The van der Waals surface area contributed by atoms with Crippen LogP contribution in [0.4, 0.5) is 0 Å². The second kappa shape index (κ2) is 67.6. The normalized spacial score (nSPS) is 12.4. The molecule has 0 aliphatic heterocycles.